The van der Waals surface area contributed by atoms with Crippen molar-refractivity contribution in [1.82, 2.24) is 0 Å². The summed E-state index contributed by atoms with van der Waals surface area (Å²) in [7, 11) is 0. The van der Waals surface area contributed by atoms with Crippen LogP contribution >= 0.6 is 34.2 Å². The summed E-state index contributed by atoms with van der Waals surface area (Å²) >= 11 is 8.10. The van der Waals surface area contributed by atoms with Crippen molar-refractivity contribution in [3.05, 3.63) is 99.1 Å². The maximum Gasteiger partial charge on any atom is 0.119 e. The van der Waals surface area contributed by atoms with Gasteiger partial charge >= 0.3 is 0 Å². The Morgan fingerprint density at radius 3 is 1.82 bits per heavy atom. The van der Waals surface area contributed by atoms with E-state index in [0.29, 0.717) is 0 Å². The smallest absolute Gasteiger partial charge is 0.119 e. The Balaban J connectivity index is 1.68. The van der Waals surface area contributed by atoms with Crippen LogP contribution in [0.15, 0.2) is 78.9 Å². The molecule has 0 saturated carbocycles. The lowest BCUT2D eigenvalue weighted by atomic mass is 9.88. The highest BCUT2D eigenvalue weighted by molar-refractivity contribution is 14.1. The molecule has 34 heavy (non-hydrogen) atoms. The lowest BCUT2D eigenvalue weighted by Gasteiger charge is -2.17. The van der Waals surface area contributed by atoms with Gasteiger partial charge in [-0.1, -0.05) is 93.6 Å². The standard InChI is InChI=1S/C31H36ClIO/c1-2-30(25-13-9-8-10-14-25)31(26-15-19-28(33)20-16-26)27-17-21-29(22-18-27)34-24-12-7-5-3-4-6-11-23-32/h8-10,13-22H,2-7,11-12,23-24H2,1H3/b31-30-. The summed E-state index contributed by atoms with van der Waals surface area (Å²) in [6.07, 6.45) is 9.61. The number of hydrogen-bond acceptors (Lipinski definition) is 1. The molecule has 0 spiro atoms. The van der Waals surface area contributed by atoms with E-state index in [1.807, 2.05) is 0 Å². The van der Waals surface area contributed by atoms with Crippen molar-refractivity contribution in [2.45, 2.75) is 58.3 Å². The summed E-state index contributed by atoms with van der Waals surface area (Å²) < 4.78 is 7.29. The molecule has 0 aliphatic rings. The SMILES string of the molecule is CC/C(=C(\c1ccc(I)cc1)c1ccc(OCCCCCCCCCCl)cc1)c1ccccc1. The van der Waals surface area contributed by atoms with Gasteiger partial charge in [0.1, 0.15) is 5.75 Å². The Morgan fingerprint density at radius 1 is 0.676 bits per heavy atom. The molecular formula is C31H36ClIO. The third-order valence-electron chi connectivity index (χ3n) is 6.10. The highest BCUT2D eigenvalue weighted by Gasteiger charge is 2.13. The molecule has 1 nitrogen and oxygen atoms in total. The first-order valence-electron chi connectivity index (χ1n) is 12.6. The average molecular weight is 587 g/mol. The zero-order valence-corrected chi connectivity index (χ0v) is 23.2. The highest BCUT2D eigenvalue weighted by atomic mass is 127. The van der Waals surface area contributed by atoms with Crippen LogP contribution in [0.4, 0.5) is 0 Å². The van der Waals surface area contributed by atoms with E-state index in [4.69, 9.17) is 16.3 Å². The Hall–Kier alpha value is -1.78. The zero-order chi connectivity index (χ0) is 24.0. The summed E-state index contributed by atoms with van der Waals surface area (Å²) in [5, 5.41) is 0. The predicted molar refractivity (Wildman–Crippen MR) is 157 cm³/mol. The van der Waals surface area contributed by atoms with Crippen LogP contribution in [-0.4, -0.2) is 12.5 Å². The number of halogens is 2. The fourth-order valence-corrected chi connectivity index (χ4v) is 4.83. The van der Waals surface area contributed by atoms with E-state index < -0.39 is 0 Å². The summed E-state index contributed by atoms with van der Waals surface area (Å²) in [6.45, 7) is 3.02. The number of hydrogen-bond donors (Lipinski definition) is 0. The van der Waals surface area contributed by atoms with Crippen molar-refractivity contribution in [2.75, 3.05) is 12.5 Å². The number of unbranched alkanes of at least 4 members (excludes halogenated alkanes) is 6. The molecule has 0 radical (unpaired) electrons. The van der Waals surface area contributed by atoms with E-state index in [2.05, 4.69) is 108 Å². The van der Waals surface area contributed by atoms with E-state index >= 15 is 0 Å². The van der Waals surface area contributed by atoms with E-state index in [0.717, 1.165) is 37.5 Å². The topological polar surface area (TPSA) is 9.23 Å². The molecule has 180 valence electrons. The van der Waals surface area contributed by atoms with Crippen LogP contribution in [0.1, 0.15) is 75.0 Å². The second-order valence-electron chi connectivity index (χ2n) is 8.62. The molecule has 0 aromatic heterocycles. The van der Waals surface area contributed by atoms with Crippen LogP contribution in [0, 0.1) is 3.57 Å². The van der Waals surface area contributed by atoms with Crippen LogP contribution in [0.3, 0.4) is 0 Å². The molecule has 0 bridgehead atoms. The van der Waals surface area contributed by atoms with Crippen LogP contribution in [0.25, 0.3) is 11.1 Å². The van der Waals surface area contributed by atoms with Crippen molar-refractivity contribution in [2.24, 2.45) is 0 Å². The van der Waals surface area contributed by atoms with Gasteiger partial charge in [-0.2, -0.15) is 0 Å². The summed E-state index contributed by atoms with van der Waals surface area (Å²) in [5.74, 6) is 1.74. The summed E-state index contributed by atoms with van der Waals surface area (Å²) in [4.78, 5) is 0. The molecular weight excluding hydrogens is 551 g/mol. The molecule has 3 aromatic carbocycles. The van der Waals surface area contributed by atoms with Gasteiger partial charge in [0.05, 0.1) is 6.61 Å². The van der Waals surface area contributed by atoms with Gasteiger partial charge in [-0.25, -0.2) is 0 Å². The number of rotatable bonds is 14. The first-order valence-corrected chi connectivity index (χ1v) is 14.2. The lowest BCUT2D eigenvalue weighted by molar-refractivity contribution is 0.304. The Labute approximate surface area is 224 Å². The summed E-state index contributed by atoms with van der Waals surface area (Å²) in [5.41, 5.74) is 6.42. The number of benzene rings is 3. The van der Waals surface area contributed by atoms with Crippen LogP contribution < -0.4 is 4.74 Å². The number of allylic oxidation sites excluding steroid dienone is 1. The van der Waals surface area contributed by atoms with Gasteiger partial charge in [0.15, 0.2) is 0 Å². The second-order valence-corrected chi connectivity index (χ2v) is 10.2. The Morgan fingerprint density at radius 2 is 1.24 bits per heavy atom. The van der Waals surface area contributed by atoms with Gasteiger partial charge in [0, 0.05) is 9.45 Å². The van der Waals surface area contributed by atoms with Gasteiger partial charge in [-0.05, 0) is 94.0 Å². The van der Waals surface area contributed by atoms with Crippen molar-refractivity contribution >= 4 is 45.3 Å². The molecule has 0 heterocycles. The van der Waals surface area contributed by atoms with Crippen molar-refractivity contribution in [3.63, 3.8) is 0 Å². The molecule has 0 saturated heterocycles. The molecule has 0 aliphatic carbocycles. The van der Waals surface area contributed by atoms with Crippen LogP contribution in [0.2, 0.25) is 0 Å². The molecule has 0 amide bonds. The van der Waals surface area contributed by atoms with Crippen molar-refractivity contribution in [3.8, 4) is 5.75 Å². The third-order valence-corrected chi connectivity index (χ3v) is 7.09. The van der Waals surface area contributed by atoms with E-state index in [1.54, 1.807) is 0 Å². The monoisotopic (exact) mass is 586 g/mol. The number of ether oxygens (including phenoxy) is 1. The minimum absolute atomic E-state index is 0.783. The van der Waals surface area contributed by atoms with E-state index in [1.165, 1.54) is 63.5 Å². The van der Waals surface area contributed by atoms with Crippen LogP contribution in [0.5, 0.6) is 5.75 Å². The van der Waals surface area contributed by atoms with Crippen LogP contribution in [-0.2, 0) is 0 Å². The lowest BCUT2D eigenvalue weighted by Crippen LogP contribution is -1.98. The van der Waals surface area contributed by atoms with Gasteiger partial charge in [0.25, 0.3) is 0 Å². The van der Waals surface area contributed by atoms with E-state index in [9.17, 15) is 0 Å². The fraction of sp³-hybridized carbons (Fsp3) is 0.355. The molecule has 3 aromatic rings. The zero-order valence-electron chi connectivity index (χ0n) is 20.2. The largest absolute Gasteiger partial charge is 0.494 e. The van der Waals surface area contributed by atoms with Crippen molar-refractivity contribution < 1.29 is 4.74 Å². The van der Waals surface area contributed by atoms with Gasteiger partial charge in [0.2, 0.25) is 0 Å². The maximum atomic E-state index is 6.04. The molecule has 0 unspecified atom stereocenters. The normalized spacial score (nSPS) is 11.9. The molecule has 0 fully saturated rings. The Kier molecular flexibility index (Phi) is 12.0. The average Bonchev–Trinajstić information content (AvgIpc) is 2.88. The first kappa shape index (κ1) is 26.8. The molecule has 0 aliphatic heterocycles. The Bertz CT molecular complexity index is 994. The van der Waals surface area contributed by atoms with Gasteiger partial charge < -0.3 is 4.74 Å². The first-order chi connectivity index (χ1) is 16.7. The molecule has 3 rings (SSSR count). The van der Waals surface area contributed by atoms with E-state index in [-0.39, 0.29) is 0 Å². The maximum absolute atomic E-state index is 6.04. The minimum Gasteiger partial charge on any atom is -0.494 e. The quantitative estimate of drug-likeness (QED) is 0.0790. The molecule has 3 heteroatoms. The molecule has 0 atom stereocenters. The third kappa shape index (κ3) is 8.46. The van der Waals surface area contributed by atoms with Gasteiger partial charge in [-0.3, -0.25) is 0 Å². The number of alkyl halides is 1. The molecule has 0 N–H and O–H groups in total. The predicted octanol–water partition coefficient (Wildman–Crippen LogP) is 10.0. The van der Waals surface area contributed by atoms with Gasteiger partial charge in [-0.15, -0.1) is 11.6 Å². The minimum atomic E-state index is 0.783. The second kappa shape index (κ2) is 15.3. The fourth-order valence-electron chi connectivity index (χ4n) is 4.28. The summed E-state index contributed by atoms with van der Waals surface area (Å²) in [6, 6.07) is 28.2. The van der Waals surface area contributed by atoms with Crippen molar-refractivity contribution in [1.29, 1.82) is 0 Å². The highest BCUT2D eigenvalue weighted by Crippen LogP contribution is 2.35.